The second-order valence-electron chi connectivity index (χ2n) is 8.70. The largest absolute Gasteiger partial charge is 0.507 e. The van der Waals surface area contributed by atoms with E-state index in [0.29, 0.717) is 28.8 Å². The minimum atomic E-state index is -0.809. The number of hydrogen-bond acceptors (Lipinski definition) is 5. The number of anilines is 1. The van der Waals surface area contributed by atoms with Gasteiger partial charge in [-0.3, -0.25) is 14.5 Å². The molecule has 2 atom stereocenters. The van der Waals surface area contributed by atoms with E-state index in [4.69, 9.17) is 10.00 Å². The predicted octanol–water partition coefficient (Wildman–Crippen LogP) is 4.82. The van der Waals surface area contributed by atoms with Crippen LogP contribution in [0.25, 0.3) is 5.76 Å². The van der Waals surface area contributed by atoms with Crippen molar-refractivity contribution in [2.45, 2.75) is 32.4 Å². The molecule has 1 fully saturated rings. The Morgan fingerprint density at radius 3 is 2.56 bits per heavy atom. The maximum absolute atomic E-state index is 13.3. The minimum Gasteiger partial charge on any atom is -0.507 e. The van der Waals surface area contributed by atoms with Gasteiger partial charge in [-0.05, 0) is 67.4 Å². The molecule has 168 valence electrons. The van der Waals surface area contributed by atoms with E-state index < -0.39 is 17.7 Å². The number of nitrogens with zero attached hydrogens (tertiary/aromatic N) is 2. The quantitative estimate of drug-likeness (QED) is 0.351. The van der Waals surface area contributed by atoms with E-state index in [9.17, 15) is 14.7 Å². The molecule has 5 rings (SSSR count). The molecule has 2 aliphatic heterocycles. The third-order valence-electron chi connectivity index (χ3n) is 6.25. The van der Waals surface area contributed by atoms with E-state index in [1.807, 2.05) is 44.2 Å². The smallest absolute Gasteiger partial charge is 0.300 e. The van der Waals surface area contributed by atoms with Gasteiger partial charge in [0.1, 0.15) is 17.6 Å². The van der Waals surface area contributed by atoms with Crippen molar-refractivity contribution in [2.24, 2.45) is 0 Å². The first-order valence-corrected chi connectivity index (χ1v) is 11.0. The van der Waals surface area contributed by atoms with Crippen molar-refractivity contribution >= 4 is 23.1 Å². The second kappa shape index (κ2) is 8.20. The molecule has 0 aliphatic carbocycles. The van der Waals surface area contributed by atoms with Gasteiger partial charge in [0.15, 0.2) is 0 Å². The Bertz CT molecular complexity index is 1400. The van der Waals surface area contributed by atoms with E-state index in [1.165, 1.54) is 4.90 Å². The zero-order valence-electron chi connectivity index (χ0n) is 18.8. The van der Waals surface area contributed by atoms with Crippen molar-refractivity contribution in [3.05, 3.63) is 100 Å². The number of benzene rings is 3. The molecule has 1 N–H and O–H groups in total. The topological polar surface area (TPSA) is 90.6 Å². The molecule has 1 amide bonds. The molecule has 2 aliphatic rings. The van der Waals surface area contributed by atoms with Crippen LogP contribution >= 0.6 is 0 Å². The van der Waals surface area contributed by atoms with Gasteiger partial charge in [0.25, 0.3) is 11.7 Å². The number of carbonyl (C=O) groups excluding carboxylic acids is 2. The lowest BCUT2D eigenvalue weighted by atomic mass is 9.93. The van der Waals surface area contributed by atoms with Gasteiger partial charge in [-0.2, -0.15) is 5.26 Å². The lowest BCUT2D eigenvalue weighted by molar-refractivity contribution is -0.132. The number of Topliss-reactive ketones (excluding diaryl/α,β-unsaturated/α-hetero) is 1. The first-order chi connectivity index (χ1) is 16.4. The number of hydrogen-bond donors (Lipinski definition) is 1. The fourth-order valence-electron chi connectivity index (χ4n) is 4.68. The van der Waals surface area contributed by atoms with Crippen LogP contribution in [0.1, 0.15) is 40.8 Å². The summed E-state index contributed by atoms with van der Waals surface area (Å²) in [5, 5.41) is 20.5. The molecule has 3 aromatic carbocycles. The highest BCUT2D eigenvalue weighted by molar-refractivity contribution is 6.51. The zero-order valence-corrected chi connectivity index (χ0v) is 18.8. The van der Waals surface area contributed by atoms with Gasteiger partial charge in [0.05, 0.1) is 23.2 Å². The molecule has 2 unspecified atom stereocenters. The van der Waals surface area contributed by atoms with E-state index in [2.05, 4.69) is 6.07 Å². The predicted molar refractivity (Wildman–Crippen MR) is 127 cm³/mol. The molecule has 0 bridgehead atoms. The molecule has 0 saturated carbocycles. The van der Waals surface area contributed by atoms with Crippen molar-refractivity contribution in [1.29, 1.82) is 5.26 Å². The lowest BCUT2D eigenvalue weighted by Gasteiger charge is -2.25. The summed E-state index contributed by atoms with van der Waals surface area (Å²) in [6.45, 7) is 3.90. The fourth-order valence-corrected chi connectivity index (χ4v) is 4.68. The van der Waals surface area contributed by atoms with Crippen molar-refractivity contribution in [3.63, 3.8) is 0 Å². The molecule has 0 radical (unpaired) electrons. The van der Waals surface area contributed by atoms with Crippen LogP contribution in [0.5, 0.6) is 5.75 Å². The first-order valence-electron chi connectivity index (χ1n) is 11.0. The van der Waals surface area contributed by atoms with Crippen LogP contribution in [0.4, 0.5) is 5.69 Å². The standard InChI is InChI=1S/C28H22N2O4/c1-16-4-3-5-19(12-16)25-24(26(31)20-8-11-23-21(14-20)13-17(2)34-23)27(32)28(33)30(25)22-9-6-18(15-29)7-10-22/h3-12,14,17,25,31H,13H2,1-2H3/b26-24-. The Morgan fingerprint density at radius 1 is 1.09 bits per heavy atom. The van der Waals surface area contributed by atoms with Crippen molar-refractivity contribution in [1.82, 2.24) is 0 Å². The second-order valence-corrected chi connectivity index (χ2v) is 8.70. The average molecular weight is 450 g/mol. The van der Waals surface area contributed by atoms with Gasteiger partial charge in [-0.15, -0.1) is 0 Å². The molecule has 3 aromatic rings. The summed E-state index contributed by atoms with van der Waals surface area (Å²) in [7, 11) is 0. The van der Waals surface area contributed by atoms with E-state index >= 15 is 0 Å². The van der Waals surface area contributed by atoms with Gasteiger partial charge in [0, 0.05) is 17.7 Å². The third kappa shape index (κ3) is 3.52. The number of ether oxygens (including phenoxy) is 1. The monoisotopic (exact) mass is 450 g/mol. The van der Waals surface area contributed by atoms with E-state index in [-0.39, 0.29) is 17.4 Å². The zero-order chi connectivity index (χ0) is 24.0. The number of aliphatic hydroxyl groups excluding tert-OH is 1. The number of carbonyl (C=O) groups is 2. The van der Waals surface area contributed by atoms with Crippen LogP contribution in [0.15, 0.2) is 72.3 Å². The molecule has 1 saturated heterocycles. The number of ketones is 1. The van der Waals surface area contributed by atoms with Gasteiger partial charge in [-0.1, -0.05) is 29.8 Å². The van der Waals surface area contributed by atoms with E-state index in [1.54, 1.807) is 36.4 Å². The maximum atomic E-state index is 13.3. The van der Waals surface area contributed by atoms with Gasteiger partial charge < -0.3 is 9.84 Å². The SMILES string of the molecule is Cc1cccc(C2/C(=C(/O)c3ccc4c(c3)CC(C)O4)C(=O)C(=O)N2c2ccc(C#N)cc2)c1. The molecular formula is C28H22N2O4. The van der Waals surface area contributed by atoms with Gasteiger partial charge >= 0.3 is 0 Å². The minimum absolute atomic E-state index is 0.0341. The normalized spacial score (nSPS) is 20.7. The Kier molecular flexibility index (Phi) is 5.18. The average Bonchev–Trinajstić information content (AvgIpc) is 3.34. The number of nitriles is 1. The highest BCUT2D eigenvalue weighted by atomic mass is 16.5. The van der Waals surface area contributed by atoms with Crippen molar-refractivity contribution in [2.75, 3.05) is 4.90 Å². The molecule has 6 nitrogen and oxygen atoms in total. The highest BCUT2D eigenvalue weighted by Crippen LogP contribution is 2.43. The van der Waals surface area contributed by atoms with E-state index in [0.717, 1.165) is 16.9 Å². The lowest BCUT2D eigenvalue weighted by Crippen LogP contribution is -2.29. The van der Waals surface area contributed by atoms with Gasteiger partial charge in [0.2, 0.25) is 0 Å². The van der Waals surface area contributed by atoms with Crippen molar-refractivity contribution < 1.29 is 19.4 Å². The molecule has 6 heteroatoms. The molecule has 2 heterocycles. The Hall–Kier alpha value is -4.37. The van der Waals surface area contributed by atoms with Crippen LogP contribution < -0.4 is 9.64 Å². The van der Waals surface area contributed by atoms with Crippen molar-refractivity contribution in [3.8, 4) is 11.8 Å². The summed E-state index contributed by atoms with van der Waals surface area (Å²) in [5.74, 6) is -0.935. The summed E-state index contributed by atoms with van der Waals surface area (Å²) in [5.41, 5.74) is 4.04. The molecule has 0 spiro atoms. The highest BCUT2D eigenvalue weighted by Gasteiger charge is 2.47. The van der Waals surface area contributed by atoms with Crippen LogP contribution in [-0.4, -0.2) is 22.9 Å². The van der Waals surface area contributed by atoms with Crippen LogP contribution in [0, 0.1) is 18.3 Å². The Balaban J connectivity index is 1.69. The number of aliphatic hydroxyl groups is 1. The Labute approximate surface area is 197 Å². The summed E-state index contributed by atoms with van der Waals surface area (Å²) in [6, 6.07) is 20.6. The maximum Gasteiger partial charge on any atom is 0.300 e. The van der Waals surface area contributed by atoms with Crippen LogP contribution in [0.2, 0.25) is 0 Å². The fraction of sp³-hybridized carbons (Fsp3) is 0.179. The summed E-state index contributed by atoms with van der Waals surface area (Å²) < 4.78 is 5.75. The third-order valence-corrected chi connectivity index (χ3v) is 6.25. The summed E-state index contributed by atoms with van der Waals surface area (Å²) in [6.07, 6.45) is 0.749. The number of fused-ring (bicyclic) bond motifs is 1. The molecule has 34 heavy (non-hydrogen) atoms. The Morgan fingerprint density at radius 2 is 1.85 bits per heavy atom. The molecular weight excluding hydrogens is 428 g/mol. The summed E-state index contributed by atoms with van der Waals surface area (Å²) in [4.78, 5) is 27.9. The first kappa shape index (κ1) is 21.5. The molecule has 0 aromatic heterocycles. The number of amides is 1. The van der Waals surface area contributed by atoms with Gasteiger partial charge in [-0.25, -0.2) is 0 Å². The number of aryl methyl sites for hydroxylation is 1. The summed E-state index contributed by atoms with van der Waals surface area (Å²) >= 11 is 0. The van der Waals surface area contributed by atoms with Crippen LogP contribution in [-0.2, 0) is 16.0 Å². The number of rotatable bonds is 3. The van der Waals surface area contributed by atoms with Crippen LogP contribution in [0.3, 0.4) is 0 Å².